The maximum absolute atomic E-state index is 11.0. The van der Waals surface area contributed by atoms with Gasteiger partial charge in [-0.1, -0.05) is 48.0 Å². The second-order valence-electron chi connectivity index (χ2n) is 4.98. The largest absolute Gasteiger partial charge is 0.327 e. The molecule has 0 fully saturated rings. The van der Waals surface area contributed by atoms with E-state index >= 15 is 0 Å². The van der Waals surface area contributed by atoms with Gasteiger partial charge in [-0.25, -0.2) is 0 Å². The predicted molar refractivity (Wildman–Crippen MR) is 84.5 cm³/mol. The molecule has 0 aliphatic heterocycles. The van der Waals surface area contributed by atoms with Crippen LogP contribution in [0.5, 0.6) is 0 Å². The summed E-state index contributed by atoms with van der Waals surface area (Å²) in [7, 11) is 0. The number of nitrogens with two attached hydrogens (primary N) is 1. The standard InChI is InChI=1S/C16H17ClN2O2/c17-15-7-3-1-6-13(15)11-14(18)10-9-12-5-2-4-8-16(12)19(20)21/h1-8,14H,9-11,18H2. The molecule has 0 spiro atoms. The fourth-order valence-corrected chi connectivity index (χ4v) is 2.50. The smallest absolute Gasteiger partial charge is 0.272 e. The molecule has 110 valence electrons. The van der Waals surface area contributed by atoms with E-state index < -0.39 is 0 Å². The minimum atomic E-state index is -0.352. The maximum atomic E-state index is 11.0. The quantitative estimate of drug-likeness (QED) is 0.652. The van der Waals surface area contributed by atoms with Crippen molar-refractivity contribution in [1.82, 2.24) is 0 Å². The number of hydrogen-bond donors (Lipinski definition) is 1. The summed E-state index contributed by atoms with van der Waals surface area (Å²) >= 11 is 6.11. The highest BCUT2D eigenvalue weighted by Crippen LogP contribution is 2.21. The predicted octanol–water partition coefficient (Wildman–Crippen LogP) is 3.75. The lowest BCUT2D eigenvalue weighted by Crippen LogP contribution is -2.23. The van der Waals surface area contributed by atoms with Crippen LogP contribution in [-0.4, -0.2) is 11.0 Å². The van der Waals surface area contributed by atoms with E-state index in [-0.39, 0.29) is 16.7 Å². The van der Waals surface area contributed by atoms with Gasteiger partial charge in [-0.15, -0.1) is 0 Å². The maximum Gasteiger partial charge on any atom is 0.272 e. The molecule has 0 saturated heterocycles. The van der Waals surface area contributed by atoms with Gasteiger partial charge >= 0.3 is 0 Å². The van der Waals surface area contributed by atoms with E-state index in [1.807, 2.05) is 30.3 Å². The molecule has 0 heterocycles. The van der Waals surface area contributed by atoms with Gasteiger partial charge < -0.3 is 5.73 Å². The Balaban J connectivity index is 1.97. The summed E-state index contributed by atoms with van der Waals surface area (Å²) in [5.41, 5.74) is 8.00. The van der Waals surface area contributed by atoms with Crippen LogP contribution in [-0.2, 0) is 12.8 Å². The van der Waals surface area contributed by atoms with Crippen LogP contribution in [0.15, 0.2) is 48.5 Å². The Morgan fingerprint density at radius 2 is 1.71 bits per heavy atom. The average Bonchev–Trinajstić information content (AvgIpc) is 2.48. The third-order valence-electron chi connectivity index (χ3n) is 3.41. The van der Waals surface area contributed by atoms with Gasteiger partial charge in [0.1, 0.15) is 0 Å². The molecule has 0 aromatic heterocycles. The molecule has 2 aromatic rings. The summed E-state index contributed by atoms with van der Waals surface area (Å²) in [4.78, 5) is 10.6. The number of nitro benzene ring substituents is 1. The number of aryl methyl sites for hydroxylation is 1. The molecule has 1 atom stereocenters. The first kappa shape index (κ1) is 15.5. The van der Waals surface area contributed by atoms with E-state index in [1.54, 1.807) is 12.1 Å². The third-order valence-corrected chi connectivity index (χ3v) is 3.78. The number of hydrogen-bond acceptors (Lipinski definition) is 3. The fraction of sp³-hybridized carbons (Fsp3) is 0.250. The van der Waals surface area contributed by atoms with Crippen molar-refractivity contribution in [2.45, 2.75) is 25.3 Å². The molecule has 2 N–H and O–H groups in total. The van der Waals surface area contributed by atoms with Crippen molar-refractivity contribution in [3.05, 3.63) is 74.8 Å². The Kier molecular flexibility index (Phi) is 5.31. The lowest BCUT2D eigenvalue weighted by Gasteiger charge is -2.12. The third kappa shape index (κ3) is 4.28. The van der Waals surface area contributed by atoms with Crippen LogP contribution in [0.2, 0.25) is 5.02 Å². The summed E-state index contributed by atoms with van der Waals surface area (Å²) in [5, 5.41) is 11.7. The molecule has 21 heavy (non-hydrogen) atoms. The Morgan fingerprint density at radius 1 is 1.10 bits per heavy atom. The highest BCUT2D eigenvalue weighted by Gasteiger charge is 2.14. The Morgan fingerprint density at radius 3 is 2.38 bits per heavy atom. The van der Waals surface area contributed by atoms with Crippen LogP contribution in [0.25, 0.3) is 0 Å². The van der Waals surface area contributed by atoms with Crippen molar-refractivity contribution in [2.24, 2.45) is 5.73 Å². The van der Waals surface area contributed by atoms with Crippen LogP contribution in [0.1, 0.15) is 17.5 Å². The van der Waals surface area contributed by atoms with E-state index in [0.29, 0.717) is 24.3 Å². The number of rotatable bonds is 6. The molecule has 2 aromatic carbocycles. The molecule has 4 nitrogen and oxygen atoms in total. The molecule has 0 aliphatic rings. The molecule has 0 amide bonds. The van der Waals surface area contributed by atoms with Gasteiger partial charge in [0, 0.05) is 22.7 Å². The van der Waals surface area contributed by atoms with Crippen LogP contribution in [0.4, 0.5) is 5.69 Å². The van der Waals surface area contributed by atoms with Crippen molar-refractivity contribution >= 4 is 17.3 Å². The number of nitro groups is 1. The topological polar surface area (TPSA) is 69.2 Å². The molecule has 0 aliphatic carbocycles. The van der Waals surface area contributed by atoms with Crippen LogP contribution in [0.3, 0.4) is 0 Å². The summed E-state index contributed by atoms with van der Waals surface area (Å²) in [6.45, 7) is 0. The zero-order valence-corrected chi connectivity index (χ0v) is 12.3. The fourth-order valence-electron chi connectivity index (χ4n) is 2.29. The van der Waals surface area contributed by atoms with Gasteiger partial charge in [0.2, 0.25) is 0 Å². The van der Waals surface area contributed by atoms with Crippen molar-refractivity contribution in [2.75, 3.05) is 0 Å². The highest BCUT2D eigenvalue weighted by atomic mass is 35.5. The Hall–Kier alpha value is -1.91. The SMILES string of the molecule is NC(CCc1ccccc1[N+](=O)[O-])Cc1ccccc1Cl. The van der Waals surface area contributed by atoms with Gasteiger partial charge in [-0.3, -0.25) is 10.1 Å². The molecule has 2 rings (SSSR count). The van der Waals surface area contributed by atoms with E-state index in [0.717, 1.165) is 11.1 Å². The normalized spacial score (nSPS) is 12.1. The minimum absolute atomic E-state index is 0.0790. The highest BCUT2D eigenvalue weighted by molar-refractivity contribution is 6.31. The van der Waals surface area contributed by atoms with Crippen molar-refractivity contribution < 1.29 is 4.92 Å². The number of nitrogens with zero attached hydrogens (tertiary/aromatic N) is 1. The summed E-state index contributed by atoms with van der Waals surface area (Å²) in [6, 6.07) is 14.3. The van der Waals surface area contributed by atoms with E-state index in [4.69, 9.17) is 17.3 Å². The Labute approximate surface area is 128 Å². The van der Waals surface area contributed by atoms with Crippen LogP contribution >= 0.6 is 11.6 Å². The van der Waals surface area contributed by atoms with Crippen molar-refractivity contribution in [3.8, 4) is 0 Å². The number of benzene rings is 2. The monoisotopic (exact) mass is 304 g/mol. The number of halogens is 1. The first-order valence-corrected chi connectivity index (χ1v) is 7.17. The van der Waals surface area contributed by atoms with Crippen molar-refractivity contribution in [1.29, 1.82) is 0 Å². The molecular weight excluding hydrogens is 288 g/mol. The zero-order chi connectivity index (χ0) is 15.2. The molecular formula is C16H17ClN2O2. The Bertz CT molecular complexity index is 631. The van der Waals surface area contributed by atoms with Crippen LogP contribution in [0, 0.1) is 10.1 Å². The molecule has 0 bridgehead atoms. The van der Waals surface area contributed by atoms with E-state index in [2.05, 4.69) is 0 Å². The second-order valence-corrected chi connectivity index (χ2v) is 5.39. The second kappa shape index (κ2) is 7.20. The van der Waals surface area contributed by atoms with Gasteiger partial charge in [0.25, 0.3) is 5.69 Å². The first-order chi connectivity index (χ1) is 10.1. The molecule has 1 unspecified atom stereocenters. The van der Waals surface area contributed by atoms with Gasteiger partial charge in [-0.2, -0.15) is 0 Å². The minimum Gasteiger partial charge on any atom is -0.327 e. The zero-order valence-electron chi connectivity index (χ0n) is 11.5. The molecule has 0 radical (unpaired) electrons. The summed E-state index contributed by atoms with van der Waals surface area (Å²) in [6.07, 6.45) is 1.93. The molecule has 5 heteroatoms. The summed E-state index contributed by atoms with van der Waals surface area (Å²) < 4.78 is 0. The average molecular weight is 305 g/mol. The molecule has 0 saturated carbocycles. The van der Waals surface area contributed by atoms with E-state index in [9.17, 15) is 10.1 Å². The van der Waals surface area contributed by atoms with Gasteiger partial charge in [0.05, 0.1) is 4.92 Å². The van der Waals surface area contributed by atoms with Crippen molar-refractivity contribution in [3.63, 3.8) is 0 Å². The van der Waals surface area contributed by atoms with Gasteiger partial charge in [-0.05, 0) is 30.9 Å². The van der Waals surface area contributed by atoms with Crippen LogP contribution < -0.4 is 5.73 Å². The number of para-hydroxylation sites is 1. The lowest BCUT2D eigenvalue weighted by atomic mass is 9.99. The van der Waals surface area contributed by atoms with Gasteiger partial charge in [0.15, 0.2) is 0 Å². The van der Waals surface area contributed by atoms with E-state index in [1.165, 1.54) is 6.07 Å². The summed E-state index contributed by atoms with van der Waals surface area (Å²) in [5.74, 6) is 0. The lowest BCUT2D eigenvalue weighted by molar-refractivity contribution is -0.385. The first-order valence-electron chi connectivity index (χ1n) is 6.79.